The van der Waals surface area contributed by atoms with Crippen LogP contribution in [0.2, 0.25) is 0 Å². The highest BCUT2D eigenvalue weighted by Crippen LogP contribution is 2.25. The van der Waals surface area contributed by atoms with Crippen molar-refractivity contribution in [1.29, 1.82) is 0 Å². The fraction of sp³-hybridized carbons (Fsp3) is 0.800. The lowest BCUT2D eigenvalue weighted by Gasteiger charge is -2.37. The molecule has 3 heteroatoms. The molecule has 0 aromatic carbocycles. The molecule has 1 saturated heterocycles. The lowest BCUT2D eigenvalue weighted by atomic mass is 9.87. The monoisotopic (exact) mass is 252 g/mol. The molecule has 1 atom stereocenters. The van der Waals surface area contributed by atoms with Gasteiger partial charge in [0.15, 0.2) is 0 Å². The van der Waals surface area contributed by atoms with E-state index in [1.165, 1.54) is 19.4 Å². The normalized spacial score (nSPS) is 21.6. The van der Waals surface area contributed by atoms with E-state index in [0.717, 1.165) is 26.1 Å². The summed E-state index contributed by atoms with van der Waals surface area (Å²) in [6.07, 6.45) is 5.55. The number of piperidine rings is 1. The van der Waals surface area contributed by atoms with Gasteiger partial charge in [0.2, 0.25) is 5.91 Å². The summed E-state index contributed by atoms with van der Waals surface area (Å²) >= 11 is 0. The van der Waals surface area contributed by atoms with Crippen molar-refractivity contribution in [3.8, 4) is 0 Å². The van der Waals surface area contributed by atoms with Gasteiger partial charge in [0.05, 0.1) is 0 Å². The number of likely N-dealkylation sites (tertiary alicyclic amines) is 1. The summed E-state index contributed by atoms with van der Waals surface area (Å²) in [6, 6.07) is 0. The second kappa shape index (κ2) is 6.93. The Kier molecular flexibility index (Phi) is 5.86. The Balaban J connectivity index is 2.38. The maximum atomic E-state index is 10.9. The second-order valence-electron chi connectivity index (χ2n) is 6.34. The van der Waals surface area contributed by atoms with Crippen LogP contribution in [0.15, 0.2) is 12.7 Å². The summed E-state index contributed by atoms with van der Waals surface area (Å²) in [6.45, 7) is 14.3. The molecule has 1 aliphatic rings. The van der Waals surface area contributed by atoms with E-state index < -0.39 is 0 Å². The first-order valence-corrected chi connectivity index (χ1v) is 7.00. The fourth-order valence-corrected chi connectivity index (χ4v) is 2.81. The van der Waals surface area contributed by atoms with Gasteiger partial charge < -0.3 is 10.2 Å². The Hall–Kier alpha value is -0.830. The van der Waals surface area contributed by atoms with Crippen LogP contribution >= 0.6 is 0 Å². The van der Waals surface area contributed by atoms with E-state index in [-0.39, 0.29) is 5.91 Å². The van der Waals surface area contributed by atoms with Crippen molar-refractivity contribution >= 4 is 5.91 Å². The Bertz CT molecular complexity index is 286. The lowest BCUT2D eigenvalue weighted by molar-refractivity contribution is -0.119. The van der Waals surface area contributed by atoms with E-state index >= 15 is 0 Å². The van der Waals surface area contributed by atoms with Crippen LogP contribution in [0.3, 0.4) is 0 Å². The van der Waals surface area contributed by atoms with Crippen LogP contribution in [-0.4, -0.2) is 37.0 Å². The van der Waals surface area contributed by atoms with Crippen LogP contribution in [0, 0.1) is 11.3 Å². The van der Waals surface area contributed by atoms with Crippen molar-refractivity contribution in [1.82, 2.24) is 10.2 Å². The second-order valence-corrected chi connectivity index (χ2v) is 6.34. The minimum absolute atomic E-state index is 0.0825. The highest BCUT2D eigenvalue weighted by atomic mass is 16.1. The van der Waals surface area contributed by atoms with Crippen LogP contribution in [0.5, 0.6) is 0 Å². The first kappa shape index (κ1) is 15.2. The van der Waals surface area contributed by atoms with E-state index in [9.17, 15) is 4.79 Å². The van der Waals surface area contributed by atoms with Crippen LogP contribution < -0.4 is 5.32 Å². The molecular formula is C15H28N2O. The van der Waals surface area contributed by atoms with E-state index in [4.69, 9.17) is 0 Å². The number of amides is 1. The summed E-state index contributed by atoms with van der Waals surface area (Å²) in [5, 5.41) is 2.94. The average molecular weight is 252 g/mol. The van der Waals surface area contributed by atoms with Crippen LogP contribution in [0.1, 0.15) is 40.0 Å². The third-order valence-electron chi connectivity index (χ3n) is 3.59. The van der Waals surface area contributed by atoms with E-state index in [1.807, 2.05) is 6.08 Å². The molecular weight excluding hydrogens is 224 g/mol. The van der Waals surface area contributed by atoms with Gasteiger partial charge in [0.25, 0.3) is 0 Å². The molecule has 0 unspecified atom stereocenters. The number of carbonyl (C=O) groups excluding carboxylic acids is 1. The quantitative estimate of drug-likeness (QED) is 0.736. The smallest absolute Gasteiger partial charge is 0.216 e. The first-order valence-electron chi connectivity index (χ1n) is 7.00. The number of nitrogens with one attached hydrogen (secondary N) is 1. The van der Waals surface area contributed by atoms with Crippen molar-refractivity contribution in [3.05, 3.63) is 12.7 Å². The molecule has 1 amide bonds. The van der Waals surface area contributed by atoms with Crippen molar-refractivity contribution < 1.29 is 4.79 Å². The molecule has 0 radical (unpaired) electrons. The predicted octanol–water partition coefficient (Wildman–Crippen LogP) is 2.44. The predicted molar refractivity (Wildman–Crippen MR) is 76.4 cm³/mol. The van der Waals surface area contributed by atoms with Crippen molar-refractivity contribution in [2.45, 2.75) is 40.0 Å². The molecule has 1 fully saturated rings. The van der Waals surface area contributed by atoms with Gasteiger partial charge in [-0.25, -0.2) is 0 Å². The van der Waals surface area contributed by atoms with E-state index in [2.05, 4.69) is 30.6 Å². The van der Waals surface area contributed by atoms with Crippen LogP contribution in [0.25, 0.3) is 0 Å². The maximum absolute atomic E-state index is 10.9. The summed E-state index contributed by atoms with van der Waals surface area (Å²) in [4.78, 5) is 13.5. The zero-order chi connectivity index (χ0) is 13.6. The Morgan fingerprint density at radius 1 is 1.56 bits per heavy atom. The van der Waals surface area contributed by atoms with Gasteiger partial charge in [0.1, 0.15) is 0 Å². The number of nitrogens with zero attached hydrogens (tertiary/aromatic N) is 1. The summed E-state index contributed by atoms with van der Waals surface area (Å²) in [5.74, 6) is 0.696. The highest BCUT2D eigenvalue weighted by molar-refractivity contribution is 5.72. The highest BCUT2D eigenvalue weighted by Gasteiger charge is 2.25. The lowest BCUT2D eigenvalue weighted by Crippen LogP contribution is -2.44. The molecule has 104 valence electrons. The molecule has 1 rings (SSSR count). The first-order chi connectivity index (χ1) is 8.43. The SMILES string of the molecule is C=CCC(C)(C)CN1CCC[C@H](CNC(C)=O)C1. The minimum Gasteiger partial charge on any atom is -0.356 e. The molecule has 0 aliphatic carbocycles. The molecule has 0 saturated carbocycles. The van der Waals surface area contributed by atoms with Crippen molar-refractivity contribution in [2.24, 2.45) is 11.3 Å². The zero-order valence-electron chi connectivity index (χ0n) is 12.2. The summed E-state index contributed by atoms with van der Waals surface area (Å²) in [7, 11) is 0. The Labute approximate surface area is 112 Å². The number of carbonyl (C=O) groups is 1. The molecule has 0 aromatic heterocycles. The largest absolute Gasteiger partial charge is 0.356 e. The Morgan fingerprint density at radius 3 is 2.89 bits per heavy atom. The summed E-state index contributed by atoms with van der Waals surface area (Å²) in [5.41, 5.74) is 0.303. The Morgan fingerprint density at radius 2 is 2.28 bits per heavy atom. The van der Waals surface area contributed by atoms with Crippen LogP contribution in [-0.2, 0) is 4.79 Å². The molecule has 0 bridgehead atoms. The van der Waals surface area contributed by atoms with Gasteiger partial charge in [0, 0.05) is 26.6 Å². The average Bonchev–Trinajstić information content (AvgIpc) is 2.26. The number of allylic oxidation sites excluding steroid dienone is 1. The van der Waals surface area contributed by atoms with Crippen molar-refractivity contribution in [3.63, 3.8) is 0 Å². The van der Waals surface area contributed by atoms with Gasteiger partial charge in [-0.05, 0) is 37.1 Å². The summed E-state index contributed by atoms with van der Waals surface area (Å²) < 4.78 is 0. The molecule has 1 N–H and O–H groups in total. The third-order valence-corrected chi connectivity index (χ3v) is 3.59. The zero-order valence-corrected chi connectivity index (χ0v) is 12.2. The molecule has 3 nitrogen and oxygen atoms in total. The molecule has 1 heterocycles. The minimum atomic E-state index is 0.0825. The van der Waals surface area contributed by atoms with E-state index in [0.29, 0.717) is 11.3 Å². The van der Waals surface area contributed by atoms with Gasteiger partial charge in [-0.1, -0.05) is 19.9 Å². The molecule has 18 heavy (non-hydrogen) atoms. The third kappa shape index (κ3) is 5.67. The van der Waals surface area contributed by atoms with Gasteiger partial charge in [-0.15, -0.1) is 6.58 Å². The number of rotatable bonds is 6. The standard InChI is InChI=1S/C15H28N2O/c1-5-8-15(3,4)12-17-9-6-7-14(11-17)10-16-13(2)18/h5,14H,1,6-12H2,2-4H3,(H,16,18)/t14-/m1/s1. The number of hydrogen-bond acceptors (Lipinski definition) is 2. The topological polar surface area (TPSA) is 32.3 Å². The van der Waals surface area contributed by atoms with Gasteiger partial charge >= 0.3 is 0 Å². The van der Waals surface area contributed by atoms with Gasteiger partial charge in [-0.3, -0.25) is 4.79 Å². The van der Waals surface area contributed by atoms with Crippen molar-refractivity contribution in [2.75, 3.05) is 26.2 Å². The molecule has 1 aliphatic heterocycles. The van der Waals surface area contributed by atoms with Crippen LogP contribution in [0.4, 0.5) is 0 Å². The molecule has 0 spiro atoms. The van der Waals surface area contributed by atoms with E-state index in [1.54, 1.807) is 6.92 Å². The number of hydrogen-bond donors (Lipinski definition) is 1. The molecule has 0 aromatic rings. The fourth-order valence-electron chi connectivity index (χ4n) is 2.81. The van der Waals surface area contributed by atoms with Gasteiger partial charge in [-0.2, -0.15) is 0 Å². The maximum Gasteiger partial charge on any atom is 0.216 e.